The molecule has 1 aliphatic rings. The van der Waals surface area contributed by atoms with Crippen LogP contribution in [0.4, 0.5) is 0 Å². The smallest absolute Gasteiger partial charge is 0.303 e. The van der Waals surface area contributed by atoms with Crippen molar-refractivity contribution in [2.24, 2.45) is 11.8 Å². The van der Waals surface area contributed by atoms with Crippen molar-refractivity contribution in [3.05, 3.63) is 60.8 Å². The molecule has 0 aromatic rings. The lowest BCUT2D eigenvalue weighted by atomic mass is 9.90. The van der Waals surface area contributed by atoms with Gasteiger partial charge in [0.25, 0.3) is 0 Å². The van der Waals surface area contributed by atoms with Crippen molar-refractivity contribution in [2.45, 2.75) is 51.6 Å². The maximum absolute atomic E-state index is 12.0. The highest BCUT2D eigenvalue weighted by atomic mass is 16.4. The minimum Gasteiger partial charge on any atom is -0.481 e. The van der Waals surface area contributed by atoms with Gasteiger partial charge in [0.15, 0.2) is 5.78 Å². The maximum atomic E-state index is 12.0. The third-order valence-electron chi connectivity index (χ3n) is 4.16. The van der Waals surface area contributed by atoms with Crippen molar-refractivity contribution in [1.29, 1.82) is 0 Å². The lowest BCUT2D eigenvalue weighted by Gasteiger charge is -2.13. The van der Waals surface area contributed by atoms with Crippen molar-refractivity contribution in [3.8, 4) is 0 Å². The molecule has 0 spiro atoms. The van der Waals surface area contributed by atoms with Crippen LogP contribution in [-0.4, -0.2) is 28.1 Å². The summed E-state index contributed by atoms with van der Waals surface area (Å²) in [7, 11) is 0. The molecule has 0 radical (unpaired) electrons. The molecule has 0 saturated heterocycles. The second kappa shape index (κ2) is 13.1. The van der Waals surface area contributed by atoms with E-state index >= 15 is 0 Å². The first-order valence-corrected chi connectivity index (χ1v) is 9.29. The molecule has 0 aliphatic heterocycles. The number of hydrogen-bond acceptors (Lipinski definition) is 3. The van der Waals surface area contributed by atoms with Crippen molar-refractivity contribution in [3.63, 3.8) is 0 Å². The second-order valence-corrected chi connectivity index (χ2v) is 6.37. The SMILES string of the molecule is CC/C=C\C/C=C\C[C@H](O)/C=C/[C@H]1C(=O)C=C[C@@H]1C/C=C\CCC(=O)O. The molecule has 0 amide bonds. The number of hydrogen-bond donors (Lipinski definition) is 2. The first-order valence-electron chi connectivity index (χ1n) is 9.29. The Morgan fingerprint density at radius 1 is 1.19 bits per heavy atom. The molecule has 0 aromatic carbocycles. The van der Waals surface area contributed by atoms with Gasteiger partial charge in [-0.15, -0.1) is 0 Å². The highest BCUT2D eigenvalue weighted by molar-refractivity contribution is 5.95. The Kier molecular flexibility index (Phi) is 11.0. The average molecular weight is 358 g/mol. The molecular formula is C22H30O4. The average Bonchev–Trinajstić information content (AvgIpc) is 2.95. The van der Waals surface area contributed by atoms with Crippen molar-refractivity contribution in [2.75, 3.05) is 0 Å². The fourth-order valence-electron chi connectivity index (χ4n) is 2.70. The molecule has 4 nitrogen and oxygen atoms in total. The fraction of sp³-hybridized carbons (Fsp3) is 0.455. The number of allylic oxidation sites excluding steroid dienone is 8. The number of aliphatic hydroxyl groups is 1. The van der Waals surface area contributed by atoms with E-state index < -0.39 is 12.1 Å². The Morgan fingerprint density at radius 3 is 2.69 bits per heavy atom. The molecule has 3 atom stereocenters. The highest BCUT2D eigenvalue weighted by Gasteiger charge is 2.26. The predicted molar refractivity (Wildman–Crippen MR) is 105 cm³/mol. The quantitative estimate of drug-likeness (QED) is 0.507. The van der Waals surface area contributed by atoms with Crippen LogP contribution >= 0.6 is 0 Å². The molecule has 0 aromatic heterocycles. The molecule has 1 aliphatic carbocycles. The fourth-order valence-corrected chi connectivity index (χ4v) is 2.70. The van der Waals surface area contributed by atoms with Crippen LogP contribution in [0.3, 0.4) is 0 Å². The largest absolute Gasteiger partial charge is 0.481 e. The van der Waals surface area contributed by atoms with Crippen LogP contribution in [0, 0.1) is 11.8 Å². The minimum atomic E-state index is -0.809. The van der Waals surface area contributed by atoms with Crippen molar-refractivity contribution in [1.82, 2.24) is 0 Å². The van der Waals surface area contributed by atoms with E-state index in [2.05, 4.69) is 19.1 Å². The van der Waals surface area contributed by atoms with Gasteiger partial charge in [-0.05, 0) is 44.1 Å². The van der Waals surface area contributed by atoms with Gasteiger partial charge in [-0.3, -0.25) is 9.59 Å². The summed E-state index contributed by atoms with van der Waals surface area (Å²) < 4.78 is 0. The van der Waals surface area contributed by atoms with Gasteiger partial charge in [0.1, 0.15) is 0 Å². The van der Waals surface area contributed by atoms with E-state index in [9.17, 15) is 14.7 Å². The summed E-state index contributed by atoms with van der Waals surface area (Å²) in [6.45, 7) is 2.09. The number of rotatable bonds is 12. The van der Waals surface area contributed by atoms with E-state index in [0.717, 1.165) is 12.8 Å². The van der Waals surface area contributed by atoms with Crippen LogP contribution in [0.2, 0.25) is 0 Å². The molecule has 4 heteroatoms. The van der Waals surface area contributed by atoms with Crippen LogP contribution in [0.5, 0.6) is 0 Å². The summed E-state index contributed by atoms with van der Waals surface area (Å²) in [5.74, 6) is -0.930. The summed E-state index contributed by atoms with van der Waals surface area (Å²) in [5.41, 5.74) is 0. The topological polar surface area (TPSA) is 74.6 Å². The summed E-state index contributed by atoms with van der Waals surface area (Å²) in [6.07, 6.45) is 22.1. The van der Waals surface area contributed by atoms with Crippen LogP contribution in [0.1, 0.15) is 45.4 Å². The van der Waals surface area contributed by atoms with Gasteiger partial charge in [-0.25, -0.2) is 0 Å². The van der Waals surface area contributed by atoms with Gasteiger partial charge in [-0.2, -0.15) is 0 Å². The monoisotopic (exact) mass is 358 g/mol. The Morgan fingerprint density at radius 2 is 1.96 bits per heavy atom. The van der Waals surface area contributed by atoms with Crippen LogP contribution in [0.15, 0.2) is 60.8 Å². The third kappa shape index (κ3) is 9.33. The molecule has 2 N–H and O–H groups in total. The number of carboxylic acid groups (broad SMARTS) is 1. The van der Waals surface area contributed by atoms with Gasteiger partial charge in [-0.1, -0.05) is 61.6 Å². The van der Waals surface area contributed by atoms with Crippen LogP contribution in [0.25, 0.3) is 0 Å². The van der Waals surface area contributed by atoms with E-state index in [1.54, 1.807) is 18.2 Å². The van der Waals surface area contributed by atoms with E-state index in [0.29, 0.717) is 19.3 Å². The second-order valence-electron chi connectivity index (χ2n) is 6.37. The maximum Gasteiger partial charge on any atom is 0.303 e. The van der Waals surface area contributed by atoms with E-state index in [1.165, 1.54) is 0 Å². The molecule has 0 bridgehead atoms. The van der Waals surface area contributed by atoms with Gasteiger partial charge in [0.05, 0.1) is 6.10 Å². The summed E-state index contributed by atoms with van der Waals surface area (Å²) in [5, 5.41) is 18.6. The zero-order valence-electron chi connectivity index (χ0n) is 15.5. The van der Waals surface area contributed by atoms with E-state index in [-0.39, 0.29) is 24.0 Å². The molecule has 1 rings (SSSR count). The molecule has 26 heavy (non-hydrogen) atoms. The lowest BCUT2D eigenvalue weighted by molar-refractivity contribution is -0.136. The standard InChI is InChI=1S/C22H30O4/c1-2-3-4-5-6-9-12-19(23)15-16-20-18(14-17-21(20)24)11-8-7-10-13-22(25)26/h3-4,6-9,14-20,23H,2,5,10-13H2,1H3,(H,25,26)/b4-3-,8-7-,9-6-,16-15+/t18-,19-,20+/m0/s1. The van der Waals surface area contributed by atoms with Gasteiger partial charge < -0.3 is 10.2 Å². The first kappa shape index (κ1) is 21.8. The molecular weight excluding hydrogens is 328 g/mol. The Balaban J connectivity index is 2.41. The zero-order valence-corrected chi connectivity index (χ0v) is 15.5. The summed E-state index contributed by atoms with van der Waals surface area (Å²) in [6, 6.07) is 0. The van der Waals surface area contributed by atoms with Crippen molar-refractivity contribution >= 4 is 11.8 Å². The predicted octanol–water partition coefficient (Wildman–Crippen LogP) is 4.39. The van der Waals surface area contributed by atoms with Crippen molar-refractivity contribution < 1.29 is 19.8 Å². The Hall–Kier alpha value is -2.20. The number of carbonyl (C=O) groups is 2. The Labute approximate surface area is 156 Å². The number of aliphatic hydroxyl groups excluding tert-OH is 1. The minimum absolute atomic E-state index is 0.0534. The Bertz CT molecular complexity index is 581. The van der Waals surface area contributed by atoms with Gasteiger partial charge in [0.2, 0.25) is 0 Å². The van der Waals surface area contributed by atoms with Crippen LogP contribution < -0.4 is 0 Å². The zero-order chi connectivity index (χ0) is 19.2. The van der Waals surface area contributed by atoms with Crippen LogP contribution in [-0.2, 0) is 9.59 Å². The number of aliphatic carboxylic acids is 1. The molecule has 0 unspecified atom stereocenters. The first-order chi connectivity index (χ1) is 12.5. The van der Waals surface area contributed by atoms with Gasteiger partial charge >= 0.3 is 5.97 Å². The number of carbonyl (C=O) groups excluding carboxylic acids is 1. The lowest BCUT2D eigenvalue weighted by Crippen LogP contribution is -2.14. The number of carboxylic acids is 1. The molecule has 0 heterocycles. The summed E-state index contributed by atoms with van der Waals surface area (Å²) in [4.78, 5) is 22.5. The number of ketones is 1. The van der Waals surface area contributed by atoms with Gasteiger partial charge in [0, 0.05) is 12.3 Å². The van der Waals surface area contributed by atoms with E-state index in [1.807, 2.05) is 30.4 Å². The van der Waals surface area contributed by atoms with E-state index in [4.69, 9.17) is 5.11 Å². The molecule has 142 valence electrons. The normalized spacial score (nSPS) is 21.8. The summed E-state index contributed by atoms with van der Waals surface area (Å²) >= 11 is 0. The highest BCUT2D eigenvalue weighted by Crippen LogP contribution is 2.27. The third-order valence-corrected chi connectivity index (χ3v) is 4.16. The molecule has 0 fully saturated rings. The molecule has 0 saturated carbocycles.